The molecule has 0 spiro atoms. The van der Waals surface area contributed by atoms with Crippen LogP contribution in [0.5, 0.6) is 0 Å². The summed E-state index contributed by atoms with van der Waals surface area (Å²) in [7, 11) is 0. The van der Waals surface area contributed by atoms with E-state index in [2.05, 4.69) is 21.6 Å². The number of hydrogen-bond acceptors (Lipinski definition) is 5. The molecule has 0 aliphatic heterocycles. The average molecular weight is 259 g/mol. The Kier molecular flexibility index (Phi) is 3.95. The molecule has 1 aromatic carbocycles. The van der Waals surface area contributed by atoms with Gasteiger partial charge in [-0.05, 0) is 42.0 Å². The van der Waals surface area contributed by atoms with Crippen LogP contribution in [0.4, 0.5) is 0 Å². The minimum absolute atomic E-state index is 0.253. The van der Waals surface area contributed by atoms with Gasteiger partial charge >= 0.3 is 0 Å². The summed E-state index contributed by atoms with van der Waals surface area (Å²) in [6.45, 7) is 4.09. The van der Waals surface area contributed by atoms with Crippen molar-refractivity contribution in [2.24, 2.45) is 0 Å². The van der Waals surface area contributed by atoms with Gasteiger partial charge in [-0.25, -0.2) is 4.68 Å². The van der Waals surface area contributed by atoms with Crippen molar-refractivity contribution in [1.82, 2.24) is 20.2 Å². The zero-order chi connectivity index (χ0) is 13.0. The third kappa shape index (κ3) is 2.87. The summed E-state index contributed by atoms with van der Waals surface area (Å²) in [6, 6.07) is 9.91. The maximum atomic E-state index is 8.72. The first-order chi connectivity index (χ1) is 8.70. The van der Waals surface area contributed by atoms with Crippen LogP contribution < -0.4 is 0 Å². The highest BCUT2D eigenvalue weighted by molar-refractivity contribution is 7.98. The molecule has 0 radical (unpaired) electrons. The smallest absolute Gasteiger partial charge is 0.209 e. The Morgan fingerprint density at radius 3 is 2.67 bits per heavy atom. The van der Waals surface area contributed by atoms with Gasteiger partial charge < -0.3 is 0 Å². The molecule has 0 amide bonds. The average Bonchev–Trinajstić information content (AvgIpc) is 2.85. The highest BCUT2D eigenvalue weighted by atomic mass is 32.2. The van der Waals surface area contributed by atoms with E-state index in [1.807, 2.05) is 38.1 Å². The van der Waals surface area contributed by atoms with Crippen LogP contribution >= 0.6 is 11.8 Å². The van der Waals surface area contributed by atoms with Crippen LogP contribution in [0, 0.1) is 11.3 Å². The third-order valence-corrected chi connectivity index (χ3v) is 3.41. The van der Waals surface area contributed by atoms with E-state index in [4.69, 9.17) is 5.26 Å². The fourth-order valence-electron chi connectivity index (χ4n) is 1.43. The number of thioether (sulfide) groups is 1. The van der Waals surface area contributed by atoms with Gasteiger partial charge in [0.15, 0.2) is 0 Å². The zero-order valence-corrected chi connectivity index (χ0v) is 11.1. The molecule has 0 unspecified atom stereocenters. The number of tetrazole rings is 1. The van der Waals surface area contributed by atoms with Gasteiger partial charge in [0, 0.05) is 5.75 Å². The molecule has 6 heteroatoms. The standard InChI is InChI=1S/C12H13N5S/c1-9(2)17-12(14-15-16-17)18-8-11-5-3-10(7-13)4-6-11/h3-6,9H,8H2,1-2H3. The SMILES string of the molecule is CC(C)n1nnnc1SCc1ccc(C#N)cc1. The van der Waals surface area contributed by atoms with Crippen LogP contribution in [0.1, 0.15) is 31.0 Å². The largest absolute Gasteiger partial charge is 0.218 e. The second-order valence-electron chi connectivity index (χ2n) is 4.10. The van der Waals surface area contributed by atoms with Gasteiger partial charge in [-0.3, -0.25) is 0 Å². The number of benzene rings is 1. The van der Waals surface area contributed by atoms with Crippen molar-refractivity contribution < 1.29 is 0 Å². The van der Waals surface area contributed by atoms with E-state index < -0.39 is 0 Å². The summed E-state index contributed by atoms with van der Waals surface area (Å²) in [5, 5.41) is 21.2. The molecule has 0 aliphatic carbocycles. The quantitative estimate of drug-likeness (QED) is 0.789. The minimum atomic E-state index is 0.253. The Morgan fingerprint density at radius 2 is 2.06 bits per heavy atom. The fourth-order valence-corrected chi connectivity index (χ4v) is 2.39. The highest BCUT2D eigenvalue weighted by Crippen LogP contribution is 2.22. The lowest BCUT2D eigenvalue weighted by molar-refractivity contribution is 0.477. The van der Waals surface area contributed by atoms with Crippen LogP contribution in [0.15, 0.2) is 29.4 Å². The van der Waals surface area contributed by atoms with Crippen LogP contribution in [0.25, 0.3) is 0 Å². The van der Waals surface area contributed by atoms with Crippen molar-refractivity contribution in [3.63, 3.8) is 0 Å². The number of hydrogen-bond donors (Lipinski definition) is 0. The Hall–Kier alpha value is -1.87. The third-order valence-electron chi connectivity index (χ3n) is 2.40. The molecule has 0 N–H and O–H groups in total. The Labute approximate surface area is 110 Å². The zero-order valence-electron chi connectivity index (χ0n) is 10.2. The van der Waals surface area contributed by atoms with Crippen LogP contribution in [0.2, 0.25) is 0 Å². The van der Waals surface area contributed by atoms with Crippen molar-refractivity contribution >= 4 is 11.8 Å². The van der Waals surface area contributed by atoms with E-state index in [1.54, 1.807) is 16.4 Å². The minimum Gasteiger partial charge on any atom is -0.218 e. The highest BCUT2D eigenvalue weighted by Gasteiger charge is 2.09. The van der Waals surface area contributed by atoms with Crippen LogP contribution in [0.3, 0.4) is 0 Å². The molecule has 1 aromatic heterocycles. The fraction of sp³-hybridized carbons (Fsp3) is 0.333. The van der Waals surface area contributed by atoms with E-state index in [0.29, 0.717) is 5.56 Å². The number of nitrogens with zero attached hydrogens (tertiary/aromatic N) is 5. The van der Waals surface area contributed by atoms with Gasteiger partial charge in [0.05, 0.1) is 17.7 Å². The Balaban J connectivity index is 2.02. The number of aromatic nitrogens is 4. The number of rotatable bonds is 4. The molecule has 0 saturated carbocycles. The van der Waals surface area contributed by atoms with E-state index in [1.165, 1.54) is 0 Å². The summed E-state index contributed by atoms with van der Waals surface area (Å²) < 4.78 is 1.80. The molecule has 0 bridgehead atoms. The second-order valence-corrected chi connectivity index (χ2v) is 5.04. The Morgan fingerprint density at radius 1 is 1.33 bits per heavy atom. The summed E-state index contributed by atoms with van der Waals surface area (Å²) in [5.74, 6) is 0.790. The lowest BCUT2D eigenvalue weighted by atomic mass is 10.2. The molecule has 18 heavy (non-hydrogen) atoms. The molecule has 0 aliphatic rings. The molecule has 92 valence electrons. The van der Waals surface area contributed by atoms with Gasteiger partial charge in [0.2, 0.25) is 5.16 Å². The van der Waals surface area contributed by atoms with Crippen molar-refractivity contribution in [3.8, 4) is 6.07 Å². The van der Waals surface area contributed by atoms with Crippen LogP contribution in [-0.4, -0.2) is 20.2 Å². The van der Waals surface area contributed by atoms with Crippen LogP contribution in [-0.2, 0) is 5.75 Å². The van der Waals surface area contributed by atoms with Crippen molar-refractivity contribution in [2.45, 2.75) is 30.8 Å². The molecular weight excluding hydrogens is 246 g/mol. The molecule has 2 rings (SSSR count). The first-order valence-electron chi connectivity index (χ1n) is 5.60. The van der Waals surface area contributed by atoms with Crippen molar-refractivity contribution in [1.29, 1.82) is 5.26 Å². The molecular formula is C12H13N5S. The van der Waals surface area contributed by atoms with Gasteiger partial charge in [0.25, 0.3) is 0 Å². The summed E-state index contributed by atoms with van der Waals surface area (Å²) in [6.07, 6.45) is 0. The first-order valence-corrected chi connectivity index (χ1v) is 6.59. The molecule has 0 fully saturated rings. The molecule has 5 nitrogen and oxygen atoms in total. The lowest BCUT2D eigenvalue weighted by Crippen LogP contribution is -2.04. The molecule has 0 atom stereocenters. The van der Waals surface area contributed by atoms with Gasteiger partial charge in [0.1, 0.15) is 0 Å². The summed E-state index contributed by atoms with van der Waals surface area (Å²) in [5.41, 5.74) is 1.83. The molecule has 0 saturated heterocycles. The summed E-state index contributed by atoms with van der Waals surface area (Å²) in [4.78, 5) is 0. The predicted molar refractivity (Wildman–Crippen MR) is 68.9 cm³/mol. The van der Waals surface area contributed by atoms with Crippen molar-refractivity contribution in [2.75, 3.05) is 0 Å². The maximum Gasteiger partial charge on any atom is 0.209 e. The van der Waals surface area contributed by atoms with Crippen molar-refractivity contribution in [3.05, 3.63) is 35.4 Å². The monoisotopic (exact) mass is 259 g/mol. The molecule has 1 heterocycles. The van der Waals surface area contributed by atoms with E-state index in [0.717, 1.165) is 16.5 Å². The normalized spacial score (nSPS) is 10.6. The van der Waals surface area contributed by atoms with Gasteiger partial charge in [-0.1, -0.05) is 23.9 Å². The summed E-state index contributed by atoms with van der Waals surface area (Å²) >= 11 is 1.59. The van der Waals surface area contributed by atoms with Gasteiger partial charge in [-0.15, -0.1) is 5.10 Å². The Bertz CT molecular complexity index is 553. The number of nitriles is 1. The predicted octanol–water partition coefficient (Wildman–Crippen LogP) is 2.42. The maximum absolute atomic E-state index is 8.72. The van der Waals surface area contributed by atoms with E-state index in [9.17, 15) is 0 Å². The van der Waals surface area contributed by atoms with E-state index in [-0.39, 0.29) is 6.04 Å². The topological polar surface area (TPSA) is 67.4 Å². The lowest BCUT2D eigenvalue weighted by Gasteiger charge is -2.06. The first kappa shape index (κ1) is 12.6. The van der Waals surface area contributed by atoms with E-state index >= 15 is 0 Å². The van der Waals surface area contributed by atoms with Gasteiger partial charge in [-0.2, -0.15) is 5.26 Å². The second kappa shape index (κ2) is 5.65. The molecule has 2 aromatic rings.